The molecular formula is C26H30FNO2S2. The average Bonchev–Trinajstić information content (AvgIpc) is 3.34. The van der Waals surface area contributed by atoms with Crippen molar-refractivity contribution in [3.05, 3.63) is 52.9 Å². The summed E-state index contributed by atoms with van der Waals surface area (Å²) in [4.78, 5) is 15.7. The minimum Gasteiger partial charge on any atom is -0.457 e. The first kappa shape index (κ1) is 23.2. The van der Waals surface area contributed by atoms with Crippen LogP contribution < -0.4 is 0 Å². The van der Waals surface area contributed by atoms with Gasteiger partial charge in [0, 0.05) is 17.7 Å². The molecule has 2 heterocycles. The number of rotatable bonds is 3. The summed E-state index contributed by atoms with van der Waals surface area (Å²) in [5.41, 5.74) is 0.798. The van der Waals surface area contributed by atoms with Gasteiger partial charge in [-0.3, -0.25) is 9.69 Å². The Labute approximate surface area is 199 Å². The molecule has 2 fully saturated rings. The topological polar surface area (TPSA) is 33.5 Å². The highest BCUT2D eigenvalue weighted by atomic mass is 32.2. The fraction of sp³-hybridized carbons (Fsp3) is 0.462. The van der Waals surface area contributed by atoms with Crippen LogP contribution in [0, 0.1) is 5.82 Å². The van der Waals surface area contributed by atoms with Crippen LogP contribution in [-0.4, -0.2) is 21.2 Å². The van der Waals surface area contributed by atoms with E-state index < -0.39 is 0 Å². The van der Waals surface area contributed by atoms with E-state index in [9.17, 15) is 9.18 Å². The SMILES string of the molecule is O=C1/C(=C\c2ccc(-c3ccc(F)cc3)o2)SC(=S)N1C1CCCCCCCCCCC1. The lowest BCUT2D eigenvalue weighted by Gasteiger charge is -2.27. The van der Waals surface area contributed by atoms with Crippen molar-refractivity contribution in [2.75, 3.05) is 0 Å². The van der Waals surface area contributed by atoms with E-state index in [1.807, 2.05) is 17.0 Å². The molecule has 0 atom stereocenters. The van der Waals surface area contributed by atoms with E-state index in [4.69, 9.17) is 16.6 Å². The Morgan fingerprint density at radius 2 is 1.50 bits per heavy atom. The van der Waals surface area contributed by atoms with Crippen molar-refractivity contribution in [1.82, 2.24) is 4.90 Å². The van der Waals surface area contributed by atoms with Crippen LogP contribution in [0.5, 0.6) is 0 Å². The predicted octanol–water partition coefficient (Wildman–Crippen LogP) is 7.96. The van der Waals surface area contributed by atoms with E-state index in [1.165, 1.54) is 68.8 Å². The highest BCUT2D eigenvalue weighted by Gasteiger charge is 2.36. The molecule has 0 spiro atoms. The van der Waals surface area contributed by atoms with Crippen LogP contribution in [0.4, 0.5) is 4.39 Å². The summed E-state index contributed by atoms with van der Waals surface area (Å²) >= 11 is 7.00. The van der Waals surface area contributed by atoms with Crippen molar-refractivity contribution >= 4 is 40.3 Å². The second-order valence-electron chi connectivity index (χ2n) is 8.67. The van der Waals surface area contributed by atoms with E-state index in [-0.39, 0.29) is 17.8 Å². The second-order valence-corrected chi connectivity index (χ2v) is 10.3. The fourth-order valence-electron chi connectivity index (χ4n) is 4.52. The maximum absolute atomic E-state index is 13.3. The molecule has 0 N–H and O–H groups in total. The molecule has 1 saturated heterocycles. The van der Waals surface area contributed by atoms with Crippen LogP contribution >= 0.6 is 24.0 Å². The van der Waals surface area contributed by atoms with Gasteiger partial charge < -0.3 is 4.42 Å². The van der Waals surface area contributed by atoms with Crippen LogP contribution in [0.15, 0.2) is 45.7 Å². The van der Waals surface area contributed by atoms with Crippen LogP contribution in [0.3, 0.4) is 0 Å². The van der Waals surface area contributed by atoms with Gasteiger partial charge in [0.15, 0.2) is 0 Å². The molecule has 0 bridgehead atoms. The number of nitrogens with zero attached hydrogens (tertiary/aromatic N) is 1. The molecule has 1 amide bonds. The molecule has 2 aromatic rings. The van der Waals surface area contributed by atoms with E-state index in [0.29, 0.717) is 20.7 Å². The van der Waals surface area contributed by atoms with E-state index in [2.05, 4.69) is 0 Å². The molecule has 1 saturated carbocycles. The summed E-state index contributed by atoms with van der Waals surface area (Å²) in [6, 6.07) is 10.0. The first-order valence-corrected chi connectivity index (χ1v) is 13.0. The first-order valence-electron chi connectivity index (χ1n) is 11.7. The zero-order valence-corrected chi connectivity index (χ0v) is 20.0. The number of benzene rings is 1. The van der Waals surface area contributed by atoms with Crippen molar-refractivity contribution < 1.29 is 13.6 Å². The maximum Gasteiger partial charge on any atom is 0.266 e. The summed E-state index contributed by atoms with van der Waals surface area (Å²) in [6.07, 6.45) is 15.2. The molecule has 6 heteroatoms. The summed E-state index contributed by atoms with van der Waals surface area (Å²) < 4.78 is 19.7. The van der Waals surface area contributed by atoms with Gasteiger partial charge in [-0.25, -0.2) is 4.39 Å². The first-order chi connectivity index (χ1) is 15.6. The summed E-state index contributed by atoms with van der Waals surface area (Å²) in [5.74, 6) is 0.960. The number of furan rings is 1. The van der Waals surface area contributed by atoms with Gasteiger partial charge in [0.2, 0.25) is 0 Å². The number of thiocarbonyl (C=S) groups is 1. The number of hydrogen-bond acceptors (Lipinski definition) is 4. The largest absolute Gasteiger partial charge is 0.457 e. The summed E-state index contributed by atoms with van der Waals surface area (Å²) in [6.45, 7) is 0. The Hall–Kier alpha value is -1.92. The Morgan fingerprint density at radius 3 is 2.12 bits per heavy atom. The summed E-state index contributed by atoms with van der Waals surface area (Å²) in [5, 5.41) is 0. The fourth-order valence-corrected chi connectivity index (χ4v) is 5.90. The molecule has 1 aromatic carbocycles. The minimum atomic E-state index is -0.282. The molecule has 32 heavy (non-hydrogen) atoms. The van der Waals surface area contributed by atoms with Crippen molar-refractivity contribution in [1.29, 1.82) is 0 Å². The van der Waals surface area contributed by atoms with Gasteiger partial charge in [0.1, 0.15) is 21.7 Å². The Balaban J connectivity index is 1.46. The van der Waals surface area contributed by atoms with Gasteiger partial charge in [0.25, 0.3) is 5.91 Å². The lowest BCUT2D eigenvalue weighted by Crippen LogP contribution is -2.38. The van der Waals surface area contributed by atoms with Crippen LogP contribution in [0.2, 0.25) is 0 Å². The highest BCUT2D eigenvalue weighted by molar-refractivity contribution is 8.26. The number of amides is 1. The highest BCUT2D eigenvalue weighted by Crippen LogP contribution is 2.37. The molecule has 1 aliphatic heterocycles. The van der Waals surface area contributed by atoms with Gasteiger partial charge in [-0.1, -0.05) is 81.8 Å². The van der Waals surface area contributed by atoms with Gasteiger partial charge in [0.05, 0.1) is 4.91 Å². The normalized spacial score (nSPS) is 21.0. The second kappa shape index (κ2) is 11.3. The predicted molar refractivity (Wildman–Crippen MR) is 134 cm³/mol. The molecule has 0 radical (unpaired) electrons. The van der Waals surface area contributed by atoms with Crippen molar-refractivity contribution in [3.63, 3.8) is 0 Å². The van der Waals surface area contributed by atoms with E-state index in [0.717, 1.165) is 31.2 Å². The standard InChI is InChI=1S/C26H30FNO2S2/c27-20-14-12-19(13-15-20)23-17-16-22(30-23)18-24-25(29)28(26(31)32-24)21-10-8-6-4-2-1-3-5-7-9-11-21/h12-18,21H,1-11H2/b24-18+. The van der Waals surface area contributed by atoms with Crippen LogP contribution in [0.25, 0.3) is 17.4 Å². The van der Waals surface area contributed by atoms with Crippen molar-refractivity contribution in [2.45, 2.75) is 76.7 Å². The lowest BCUT2D eigenvalue weighted by atomic mass is 9.97. The quantitative estimate of drug-likeness (QED) is 0.336. The summed E-state index contributed by atoms with van der Waals surface area (Å²) in [7, 11) is 0. The average molecular weight is 472 g/mol. The molecule has 4 rings (SSSR count). The van der Waals surface area contributed by atoms with Crippen molar-refractivity contribution in [3.8, 4) is 11.3 Å². The number of halogens is 1. The molecule has 3 nitrogen and oxygen atoms in total. The zero-order valence-electron chi connectivity index (χ0n) is 18.4. The molecular weight excluding hydrogens is 441 g/mol. The Morgan fingerprint density at radius 1 is 0.906 bits per heavy atom. The van der Waals surface area contributed by atoms with Gasteiger partial charge >= 0.3 is 0 Å². The molecule has 2 aliphatic rings. The molecule has 170 valence electrons. The Bertz CT molecular complexity index is 954. The number of carbonyl (C=O) groups is 1. The zero-order chi connectivity index (χ0) is 22.3. The Kier molecular flexibility index (Phi) is 8.20. The lowest BCUT2D eigenvalue weighted by molar-refractivity contribution is -0.123. The minimum absolute atomic E-state index is 0.00294. The molecule has 0 unspecified atom stereocenters. The number of carbonyl (C=O) groups excluding carboxylic acids is 1. The van der Waals surface area contributed by atoms with Crippen molar-refractivity contribution in [2.24, 2.45) is 0 Å². The number of hydrogen-bond donors (Lipinski definition) is 0. The van der Waals surface area contributed by atoms with Gasteiger partial charge in [-0.15, -0.1) is 0 Å². The van der Waals surface area contributed by atoms with E-state index in [1.54, 1.807) is 18.2 Å². The maximum atomic E-state index is 13.3. The third-order valence-corrected chi connectivity index (χ3v) is 7.62. The number of thioether (sulfide) groups is 1. The monoisotopic (exact) mass is 471 g/mol. The molecule has 1 aliphatic carbocycles. The smallest absolute Gasteiger partial charge is 0.266 e. The third-order valence-electron chi connectivity index (χ3n) is 6.29. The van der Waals surface area contributed by atoms with Gasteiger partial charge in [-0.2, -0.15) is 0 Å². The van der Waals surface area contributed by atoms with Crippen LogP contribution in [0.1, 0.15) is 76.4 Å². The van der Waals surface area contributed by atoms with Gasteiger partial charge in [-0.05, 0) is 49.2 Å². The molecule has 1 aromatic heterocycles. The van der Waals surface area contributed by atoms with E-state index >= 15 is 0 Å². The van der Waals surface area contributed by atoms with Crippen LogP contribution in [-0.2, 0) is 4.79 Å². The third kappa shape index (κ3) is 5.90.